The van der Waals surface area contributed by atoms with Gasteiger partial charge in [-0.05, 0) is 25.1 Å². The zero-order chi connectivity index (χ0) is 12.7. The number of thioether (sulfide) groups is 1. The number of carbonyl (C=O) groups is 1. The molecule has 1 aromatic rings. The van der Waals surface area contributed by atoms with E-state index in [1.807, 2.05) is 19.1 Å². The summed E-state index contributed by atoms with van der Waals surface area (Å²) in [7, 11) is 1.38. The van der Waals surface area contributed by atoms with E-state index < -0.39 is 0 Å². The summed E-state index contributed by atoms with van der Waals surface area (Å²) in [5.74, 6) is 1.60. The molecule has 0 heterocycles. The van der Waals surface area contributed by atoms with Gasteiger partial charge in [0.1, 0.15) is 5.75 Å². The third kappa shape index (κ3) is 4.56. The van der Waals surface area contributed by atoms with Crippen LogP contribution >= 0.6 is 11.8 Å². The lowest BCUT2D eigenvalue weighted by Crippen LogP contribution is -2.04. The van der Waals surface area contributed by atoms with Crippen molar-refractivity contribution in [3.63, 3.8) is 0 Å². The lowest BCUT2D eigenvalue weighted by molar-refractivity contribution is -0.137. The minimum Gasteiger partial charge on any atom is -0.494 e. The number of benzene rings is 1. The zero-order valence-electron chi connectivity index (χ0n) is 10.1. The van der Waals surface area contributed by atoms with Crippen molar-refractivity contribution in [1.29, 1.82) is 0 Å². The summed E-state index contributed by atoms with van der Waals surface area (Å²) in [6.07, 6.45) is 0. The molecule has 0 saturated heterocycles. The Morgan fingerprint density at radius 2 is 2.24 bits per heavy atom. The highest BCUT2D eigenvalue weighted by atomic mass is 32.2. The SMILES string of the molecule is CCOc1ccc(N)cc1CSCC(=O)OC. The third-order valence-corrected chi connectivity index (χ3v) is 3.04. The fraction of sp³-hybridized carbons (Fsp3) is 0.417. The van der Waals surface area contributed by atoms with Gasteiger partial charge in [-0.3, -0.25) is 4.79 Å². The molecule has 0 radical (unpaired) electrons. The van der Waals surface area contributed by atoms with Crippen LogP contribution in [-0.4, -0.2) is 25.4 Å². The van der Waals surface area contributed by atoms with Crippen LogP contribution in [0.3, 0.4) is 0 Å². The van der Waals surface area contributed by atoms with Gasteiger partial charge < -0.3 is 15.2 Å². The van der Waals surface area contributed by atoms with Gasteiger partial charge in [-0.2, -0.15) is 0 Å². The van der Waals surface area contributed by atoms with Gasteiger partial charge >= 0.3 is 5.97 Å². The minimum absolute atomic E-state index is 0.225. The van der Waals surface area contributed by atoms with E-state index in [-0.39, 0.29) is 5.97 Å². The van der Waals surface area contributed by atoms with Crippen LogP contribution in [0.2, 0.25) is 0 Å². The monoisotopic (exact) mass is 255 g/mol. The number of anilines is 1. The molecule has 0 unspecified atom stereocenters. The quantitative estimate of drug-likeness (QED) is 0.623. The first-order valence-corrected chi connectivity index (χ1v) is 6.48. The van der Waals surface area contributed by atoms with Gasteiger partial charge in [0.2, 0.25) is 0 Å². The Morgan fingerprint density at radius 1 is 1.47 bits per heavy atom. The van der Waals surface area contributed by atoms with E-state index in [0.29, 0.717) is 23.8 Å². The van der Waals surface area contributed by atoms with Crippen LogP contribution in [-0.2, 0) is 15.3 Å². The molecule has 0 atom stereocenters. The van der Waals surface area contributed by atoms with Gasteiger partial charge in [-0.15, -0.1) is 11.8 Å². The van der Waals surface area contributed by atoms with E-state index in [4.69, 9.17) is 10.5 Å². The second-order valence-corrected chi connectivity index (χ2v) is 4.35. The molecular weight excluding hydrogens is 238 g/mol. The highest BCUT2D eigenvalue weighted by molar-refractivity contribution is 7.99. The second-order valence-electron chi connectivity index (χ2n) is 3.37. The van der Waals surface area contributed by atoms with Crippen molar-refractivity contribution >= 4 is 23.4 Å². The minimum atomic E-state index is -0.225. The lowest BCUT2D eigenvalue weighted by Gasteiger charge is -2.10. The number of esters is 1. The Bertz CT molecular complexity index is 382. The van der Waals surface area contributed by atoms with Crippen molar-refractivity contribution in [2.24, 2.45) is 0 Å². The molecule has 17 heavy (non-hydrogen) atoms. The average molecular weight is 255 g/mol. The molecule has 0 amide bonds. The molecule has 1 rings (SSSR count). The Morgan fingerprint density at radius 3 is 2.88 bits per heavy atom. The molecule has 0 spiro atoms. The first-order chi connectivity index (χ1) is 8.17. The predicted octanol–water partition coefficient (Wildman–Crippen LogP) is 2.07. The van der Waals surface area contributed by atoms with E-state index in [1.165, 1.54) is 18.9 Å². The highest BCUT2D eigenvalue weighted by Crippen LogP contribution is 2.25. The van der Waals surface area contributed by atoms with Crippen molar-refractivity contribution in [2.45, 2.75) is 12.7 Å². The first kappa shape index (κ1) is 13.7. The van der Waals surface area contributed by atoms with Crippen molar-refractivity contribution in [3.05, 3.63) is 23.8 Å². The average Bonchev–Trinajstić information content (AvgIpc) is 2.32. The molecule has 0 aliphatic heterocycles. The number of ether oxygens (including phenoxy) is 2. The molecule has 0 aliphatic rings. The van der Waals surface area contributed by atoms with Gasteiger partial charge in [0.25, 0.3) is 0 Å². The van der Waals surface area contributed by atoms with Crippen molar-refractivity contribution in [2.75, 3.05) is 25.2 Å². The smallest absolute Gasteiger partial charge is 0.315 e. The van der Waals surface area contributed by atoms with E-state index in [1.54, 1.807) is 6.07 Å². The Labute approximate surface area is 105 Å². The third-order valence-electron chi connectivity index (χ3n) is 2.09. The Hall–Kier alpha value is -1.36. The number of carbonyl (C=O) groups excluding carboxylic acids is 1. The number of nitrogen functional groups attached to an aromatic ring is 1. The van der Waals surface area contributed by atoms with E-state index in [2.05, 4.69) is 4.74 Å². The van der Waals surface area contributed by atoms with Gasteiger partial charge in [0.15, 0.2) is 0 Å². The fourth-order valence-electron chi connectivity index (χ4n) is 1.31. The number of nitrogens with two attached hydrogens (primary N) is 1. The summed E-state index contributed by atoms with van der Waals surface area (Å²) in [4.78, 5) is 11.0. The summed E-state index contributed by atoms with van der Waals surface area (Å²) in [5.41, 5.74) is 7.42. The van der Waals surface area contributed by atoms with Crippen LogP contribution in [0.4, 0.5) is 5.69 Å². The van der Waals surface area contributed by atoms with Crippen LogP contribution in [0.15, 0.2) is 18.2 Å². The molecule has 0 bridgehead atoms. The molecular formula is C12H17NO3S. The number of hydrogen-bond donors (Lipinski definition) is 1. The van der Waals surface area contributed by atoms with Crippen LogP contribution < -0.4 is 10.5 Å². The topological polar surface area (TPSA) is 61.5 Å². The number of hydrogen-bond acceptors (Lipinski definition) is 5. The Kier molecular flexibility index (Phi) is 5.69. The Balaban J connectivity index is 2.61. The standard InChI is InChI=1S/C12H17NO3S/c1-3-16-11-5-4-10(13)6-9(11)7-17-8-12(14)15-2/h4-6H,3,7-8,13H2,1-2H3. The maximum absolute atomic E-state index is 11.0. The van der Waals surface area contributed by atoms with Gasteiger partial charge in [-0.1, -0.05) is 0 Å². The van der Waals surface area contributed by atoms with E-state index in [9.17, 15) is 4.79 Å². The summed E-state index contributed by atoms with van der Waals surface area (Å²) in [6.45, 7) is 2.54. The van der Waals surface area contributed by atoms with E-state index in [0.717, 1.165) is 11.3 Å². The maximum Gasteiger partial charge on any atom is 0.315 e. The molecule has 5 heteroatoms. The van der Waals surface area contributed by atoms with Gasteiger partial charge in [0.05, 0.1) is 19.5 Å². The van der Waals surface area contributed by atoms with Crippen LogP contribution in [0, 0.1) is 0 Å². The van der Waals surface area contributed by atoms with Crippen molar-refractivity contribution in [3.8, 4) is 5.75 Å². The molecule has 0 aromatic heterocycles. The summed E-state index contributed by atoms with van der Waals surface area (Å²) < 4.78 is 10.1. The number of methoxy groups -OCH3 is 1. The maximum atomic E-state index is 11.0. The lowest BCUT2D eigenvalue weighted by atomic mass is 10.2. The van der Waals surface area contributed by atoms with Crippen molar-refractivity contribution < 1.29 is 14.3 Å². The zero-order valence-corrected chi connectivity index (χ0v) is 10.9. The first-order valence-electron chi connectivity index (χ1n) is 5.33. The largest absolute Gasteiger partial charge is 0.494 e. The highest BCUT2D eigenvalue weighted by Gasteiger charge is 2.06. The molecule has 2 N–H and O–H groups in total. The summed E-state index contributed by atoms with van der Waals surface area (Å²) in [5, 5.41) is 0. The molecule has 0 fully saturated rings. The van der Waals surface area contributed by atoms with Crippen molar-refractivity contribution in [1.82, 2.24) is 0 Å². The molecule has 0 aliphatic carbocycles. The molecule has 94 valence electrons. The molecule has 1 aromatic carbocycles. The second kappa shape index (κ2) is 7.06. The molecule has 4 nitrogen and oxygen atoms in total. The molecule has 0 saturated carbocycles. The normalized spacial score (nSPS) is 10.0. The number of rotatable bonds is 6. The summed E-state index contributed by atoms with van der Waals surface area (Å²) in [6, 6.07) is 5.53. The van der Waals surface area contributed by atoms with Gasteiger partial charge in [0, 0.05) is 17.0 Å². The fourth-order valence-corrected chi connectivity index (χ4v) is 2.14. The van der Waals surface area contributed by atoms with E-state index >= 15 is 0 Å². The van der Waals surface area contributed by atoms with Crippen LogP contribution in [0.5, 0.6) is 5.75 Å². The predicted molar refractivity (Wildman–Crippen MR) is 70.2 cm³/mol. The van der Waals surface area contributed by atoms with Gasteiger partial charge in [-0.25, -0.2) is 0 Å². The van der Waals surface area contributed by atoms with Crippen LogP contribution in [0.25, 0.3) is 0 Å². The summed E-state index contributed by atoms with van der Waals surface area (Å²) >= 11 is 1.48. The van der Waals surface area contributed by atoms with Crippen LogP contribution in [0.1, 0.15) is 12.5 Å².